The van der Waals surface area contributed by atoms with Crippen LogP contribution in [0.2, 0.25) is 0 Å². The summed E-state index contributed by atoms with van der Waals surface area (Å²) in [6.45, 7) is 2.64. The number of halogens is 2. The van der Waals surface area contributed by atoms with Crippen molar-refractivity contribution in [3.05, 3.63) is 23.7 Å². The van der Waals surface area contributed by atoms with Gasteiger partial charge in [-0.15, -0.1) is 23.2 Å². The molecule has 1 aliphatic heterocycles. The van der Waals surface area contributed by atoms with Gasteiger partial charge in [0, 0.05) is 18.1 Å². The Kier molecular flexibility index (Phi) is 3.52. The van der Waals surface area contributed by atoms with Crippen molar-refractivity contribution < 1.29 is 9.21 Å². The maximum Gasteiger partial charge on any atom is 0.229 e. The summed E-state index contributed by atoms with van der Waals surface area (Å²) in [6, 6.07) is 3.89. The predicted octanol–water partition coefficient (Wildman–Crippen LogP) is 3.40. The maximum absolute atomic E-state index is 12.5. The predicted molar refractivity (Wildman–Crippen MR) is 77.8 cm³/mol. The summed E-state index contributed by atoms with van der Waals surface area (Å²) in [6.07, 6.45) is 0.558. The molecule has 19 heavy (non-hydrogen) atoms. The van der Waals surface area contributed by atoms with E-state index in [1.165, 1.54) is 0 Å². The van der Waals surface area contributed by atoms with E-state index in [2.05, 4.69) is 0 Å². The van der Waals surface area contributed by atoms with Crippen LogP contribution in [0.25, 0.3) is 0 Å². The normalized spacial score (nSPS) is 29.3. The standard InChI is InChI=1S/C13H15Cl2NO2S/c1-8-2-3-11(18-8)10-7-19-5-4-16(10)12(17)9-6-13(9,14)15/h2-3,9-10H,4-7H2,1H3. The third-order valence-corrected chi connectivity index (χ3v) is 5.48. The number of rotatable bonds is 2. The molecule has 0 N–H and O–H groups in total. The lowest BCUT2D eigenvalue weighted by molar-refractivity contribution is -0.134. The summed E-state index contributed by atoms with van der Waals surface area (Å²) in [5, 5.41) is 0. The van der Waals surface area contributed by atoms with Gasteiger partial charge in [-0.2, -0.15) is 11.8 Å². The van der Waals surface area contributed by atoms with Crippen molar-refractivity contribution >= 4 is 40.9 Å². The van der Waals surface area contributed by atoms with E-state index in [0.29, 0.717) is 6.42 Å². The Balaban J connectivity index is 1.80. The molecule has 2 fully saturated rings. The van der Waals surface area contributed by atoms with Crippen LogP contribution in [-0.4, -0.2) is 33.2 Å². The highest BCUT2D eigenvalue weighted by molar-refractivity contribution is 7.99. The Labute approximate surface area is 126 Å². The molecule has 6 heteroatoms. The Bertz CT molecular complexity index is 503. The number of hydrogen-bond acceptors (Lipinski definition) is 3. The van der Waals surface area contributed by atoms with Gasteiger partial charge in [0.2, 0.25) is 5.91 Å². The minimum absolute atomic E-state index is 0.00434. The molecule has 3 nitrogen and oxygen atoms in total. The van der Waals surface area contributed by atoms with E-state index >= 15 is 0 Å². The van der Waals surface area contributed by atoms with Crippen molar-refractivity contribution in [1.29, 1.82) is 0 Å². The molecule has 0 bridgehead atoms. The number of alkyl halides is 2. The smallest absolute Gasteiger partial charge is 0.229 e. The lowest BCUT2D eigenvalue weighted by Gasteiger charge is -2.34. The molecule has 3 rings (SSSR count). The lowest BCUT2D eigenvalue weighted by Crippen LogP contribution is -2.42. The molecule has 1 amide bonds. The molecule has 2 atom stereocenters. The molecule has 1 saturated carbocycles. The number of furan rings is 1. The molecular weight excluding hydrogens is 305 g/mol. The minimum atomic E-state index is -0.856. The van der Waals surface area contributed by atoms with Gasteiger partial charge in [-0.25, -0.2) is 0 Å². The topological polar surface area (TPSA) is 33.5 Å². The molecular formula is C13H15Cl2NO2S. The Morgan fingerprint density at radius 1 is 1.53 bits per heavy atom. The van der Waals surface area contributed by atoms with Gasteiger partial charge in [-0.3, -0.25) is 4.79 Å². The number of carbonyl (C=O) groups is 1. The van der Waals surface area contributed by atoms with Gasteiger partial charge in [-0.1, -0.05) is 0 Å². The van der Waals surface area contributed by atoms with E-state index in [1.807, 2.05) is 35.7 Å². The van der Waals surface area contributed by atoms with E-state index in [0.717, 1.165) is 29.6 Å². The summed E-state index contributed by atoms with van der Waals surface area (Å²) < 4.78 is 4.83. The first-order valence-corrected chi connectivity index (χ1v) is 8.22. The summed E-state index contributed by atoms with van der Waals surface area (Å²) in [4.78, 5) is 14.4. The fourth-order valence-corrected chi connectivity index (χ4v) is 3.97. The Morgan fingerprint density at radius 2 is 2.26 bits per heavy atom. The number of amides is 1. The number of hydrogen-bond donors (Lipinski definition) is 0. The van der Waals surface area contributed by atoms with Crippen LogP contribution in [0.5, 0.6) is 0 Å². The second-order valence-electron chi connectivity index (χ2n) is 5.09. The average Bonchev–Trinajstić information content (AvgIpc) is 2.82. The van der Waals surface area contributed by atoms with Crippen molar-refractivity contribution in [3.8, 4) is 0 Å². The van der Waals surface area contributed by atoms with Crippen molar-refractivity contribution in [3.63, 3.8) is 0 Å². The first-order chi connectivity index (χ1) is 8.99. The summed E-state index contributed by atoms with van der Waals surface area (Å²) in [5.74, 6) is 3.35. The Hall–Kier alpha value is -0.320. The average molecular weight is 320 g/mol. The molecule has 2 unspecified atom stereocenters. The zero-order valence-electron chi connectivity index (χ0n) is 10.6. The first kappa shape index (κ1) is 13.7. The van der Waals surface area contributed by atoms with E-state index in [9.17, 15) is 4.79 Å². The fraction of sp³-hybridized carbons (Fsp3) is 0.615. The molecule has 1 aromatic rings. The molecule has 2 aliphatic rings. The number of nitrogens with zero attached hydrogens (tertiary/aromatic N) is 1. The van der Waals surface area contributed by atoms with E-state index < -0.39 is 4.33 Å². The summed E-state index contributed by atoms with van der Waals surface area (Å²) >= 11 is 13.9. The maximum atomic E-state index is 12.5. The van der Waals surface area contributed by atoms with Crippen LogP contribution in [0.1, 0.15) is 24.0 Å². The minimum Gasteiger partial charge on any atom is -0.464 e. The van der Waals surface area contributed by atoms with E-state index in [-0.39, 0.29) is 17.9 Å². The van der Waals surface area contributed by atoms with Crippen molar-refractivity contribution in [1.82, 2.24) is 4.90 Å². The van der Waals surface area contributed by atoms with Crippen LogP contribution in [0.15, 0.2) is 16.5 Å². The lowest BCUT2D eigenvalue weighted by atomic mass is 10.2. The number of carbonyl (C=O) groups excluding carboxylic acids is 1. The molecule has 1 aromatic heterocycles. The van der Waals surface area contributed by atoms with Gasteiger partial charge in [0.1, 0.15) is 15.9 Å². The largest absolute Gasteiger partial charge is 0.464 e. The highest BCUT2D eigenvalue weighted by Gasteiger charge is 2.58. The third kappa shape index (κ3) is 2.63. The highest BCUT2D eigenvalue weighted by atomic mass is 35.5. The molecule has 0 spiro atoms. The van der Waals surface area contributed by atoms with Gasteiger partial charge in [0.05, 0.1) is 12.0 Å². The SMILES string of the molecule is Cc1ccc(C2CSCCN2C(=O)C2CC2(Cl)Cl)o1. The summed E-state index contributed by atoms with van der Waals surface area (Å²) in [7, 11) is 0. The Morgan fingerprint density at radius 3 is 2.84 bits per heavy atom. The van der Waals surface area contributed by atoms with Gasteiger partial charge in [0.25, 0.3) is 0 Å². The molecule has 0 aromatic carbocycles. The highest BCUT2D eigenvalue weighted by Crippen LogP contribution is 2.54. The van der Waals surface area contributed by atoms with Crippen molar-refractivity contribution in [2.45, 2.75) is 23.7 Å². The van der Waals surface area contributed by atoms with Crippen LogP contribution in [0.3, 0.4) is 0 Å². The second kappa shape index (κ2) is 4.90. The quantitative estimate of drug-likeness (QED) is 0.783. The molecule has 1 saturated heterocycles. The van der Waals surface area contributed by atoms with E-state index in [4.69, 9.17) is 27.6 Å². The van der Waals surface area contributed by atoms with Gasteiger partial charge < -0.3 is 9.32 Å². The van der Waals surface area contributed by atoms with Crippen LogP contribution >= 0.6 is 35.0 Å². The second-order valence-corrected chi connectivity index (χ2v) is 7.78. The fourth-order valence-electron chi connectivity index (χ4n) is 2.42. The third-order valence-electron chi connectivity index (χ3n) is 3.63. The molecule has 2 heterocycles. The van der Waals surface area contributed by atoms with Crippen molar-refractivity contribution in [2.24, 2.45) is 5.92 Å². The number of aryl methyl sites for hydroxylation is 1. The van der Waals surface area contributed by atoms with Crippen LogP contribution in [-0.2, 0) is 4.79 Å². The van der Waals surface area contributed by atoms with Gasteiger partial charge in [-0.05, 0) is 25.5 Å². The van der Waals surface area contributed by atoms with E-state index in [1.54, 1.807) is 0 Å². The van der Waals surface area contributed by atoms with Crippen molar-refractivity contribution in [2.75, 3.05) is 18.1 Å². The van der Waals surface area contributed by atoms with Crippen LogP contribution < -0.4 is 0 Å². The number of thioether (sulfide) groups is 1. The van der Waals surface area contributed by atoms with Gasteiger partial charge in [0.15, 0.2) is 0 Å². The zero-order valence-corrected chi connectivity index (χ0v) is 12.9. The zero-order chi connectivity index (χ0) is 13.6. The van der Waals surface area contributed by atoms with Crippen LogP contribution in [0.4, 0.5) is 0 Å². The summed E-state index contributed by atoms with van der Waals surface area (Å²) in [5.41, 5.74) is 0. The van der Waals surface area contributed by atoms with Gasteiger partial charge >= 0.3 is 0 Å². The van der Waals surface area contributed by atoms with Crippen LogP contribution in [0, 0.1) is 12.8 Å². The molecule has 1 aliphatic carbocycles. The molecule has 104 valence electrons. The monoisotopic (exact) mass is 319 g/mol. The molecule has 0 radical (unpaired) electrons. The first-order valence-electron chi connectivity index (χ1n) is 6.31.